The Hall–Kier alpha value is 0.195. The molecule has 0 aromatic heterocycles. The zero-order valence-electron chi connectivity index (χ0n) is 11.7. The fourth-order valence-corrected chi connectivity index (χ4v) is 3.09. The van der Waals surface area contributed by atoms with Gasteiger partial charge in [0, 0.05) is 0 Å². The molecule has 0 aromatic carbocycles. The van der Waals surface area contributed by atoms with Gasteiger partial charge in [0.25, 0.3) is 0 Å². The minimum absolute atomic E-state index is 0.0658. The van der Waals surface area contributed by atoms with Gasteiger partial charge in [0.15, 0.2) is 0 Å². The zero-order valence-corrected chi connectivity index (χ0v) is 12.5. The second kappa shape index (κ2) is 4.70. The van der Waals surface area contributed by atoms with Crippen molar-refractivity contribution in [3.63, 3.8) is 0 Å². The first-order valence-electron chi connectivity index (χ1n) is 6.23. The van der Waals surface area contributed by atoms with Gasteiger partial charge in [-0.25, -0.2) is 13.6 Å². The van der Waals surface area contributed by atoms with Gasteiger partial charge in [0.1, 0.15) is 15.7 Å². The van der Waals surface area contributed by atoms with Crippen LogP contribution in [0.25, 0.3) is 0 Å². The Morgan fingerprint density at radius 3 is 1.76 bits per heavy atom. The summed E-state index contributed by atoms with van der Waals surface area (Å²) < 4.78 is 22.6. The number of sulfonamides is 1. The smallest absolute Gasteiger partial charge is 0.212 e. The fourth-order valence-electron chi connectivity index (χ4n) is 2.22. The Balaban J connectivity index is 2.71. The van der Waals surface area contributed by atoms with Crippen molar-refractivity contribution in [2.24, 2.45) is 5.14 Å². The van der Waals surface area contributed by atoms with E-state index in [2.05, 4.69) is 44.1 Å². The molecule has 1 fully saturated rings. The summed E-state index contributed by atoms with van der Waals surface area (Å²) in [6.07, 6.45) is 1.30. The van der Waals surface area contributed by atoms with Crippen LogP contribution in [0.1, 0.15) is 12.8 Å². The third-order valence-corrected chi connectivity index (χ3v) is 5.93. The maximum absolute atomic E-state index is 11.3. The number of nitrogens with two attached hydrogens (primary N) is 1. The maximum atomic E-state index is 11.3. The molecule has 10 heteroatoms. The van der Waals surface area contributed by atoms with E-state index in [4.69, 9.17) is 5.14 Å². The van der Waals surface area contributed by atoms with Crippen molar-refractivity contribution in [1.29, 1.82) is 0 Å². The molecule has 0 unspecified atom stereocenters. The second-order valence-electron chi connectivity index (χ2n) is 6.58. The van der Waals surface area contributed by atoms with Crippen molar-refractivity contribution < 1.29 is 8.42 Å². The van der Waals surface area contributed by atoms with E-state index in [1.807, 2.05) is 0 Å². The Kier molecular flexibility index (Phi) is 4.22. The molecule has 1 aliphatic heterocycles. The largest absolute Gasteiger partial charge is 0.315 e. The minimum Gasteiger partial charge on any atom is -0.315 e. The number of primary sulfonamides is 1. The monoisotopic (exact) mass is 252 g/mol. The van der Waals surface area contributed by atoms with E-state index >= 15 is 0 Å². The van der Waals surface area contributed by atoms with Gasteiger partial charge in [-0.15, -0.1) is 5.11 Å². The summed E-state index contributed by atoms with van der Waals surface area (Å²) in [5.41, 5.74) is 0. The number of hydrogen-bond donors (Lipinski definition) is 1. The number of likely N-dealkylation sites (tertiary alicyclic amines) is 1. The highest BCUT2D eigenvalue weighted by Gasteiger charge is 2.40. The molecule has 0 saturated carbocycles. The van der Waals surface area contributed by atoms with Crippen LogP contribution in [0.3, 0.4) is 0 Å². The highest BCUT2D eigenvalue weighted by molar-refractivity contribution is 7.89. The molecule has 1 aliphatic rings. The van der Waals surface area contributed by atoms with Crippen LogP contribution in [-0.4, -0.2) is 76.2 Å². The van der Waals surface area contributed by atoms with Crippen LogP contribution in [-0.2, 0) is 10.0 Å². The summed E-state index contributed by atoms with van der Waals surface area (Å²) >= 11 is 0. The van der Waals surface area contributed by atoms with Crippen molar-refractivity contribution in [2.75, 3.05) is 13.1 Å². The van der Waals surface area contributed by atoms with E-state index in [9.17, 15) is 8.42 Å². The molecule has 1 saturated heterocycles. The molecule has 0 atom stereocenters. The quantitative estimate of drug-likeness (QED) is 0.510. The van der Waals surface area contributed by atoms with E-state index in [1.165, 1.54) is 0 Å². The SMILES string of the molecule is BC(B)(B)C(B)(B)N1CCC(S(N)(=O)=O)CC1. The molecular weight excluding hydrogens is 230 g/mol. The Morgan fingerprint density at radius 1 is 1.06 bits per heavy atom. The van der Waals surface area contributed by atoms with Gasteiger partial charge in [0.05, 0.1) is 28.8 Å². The lowest BCUT2D eigenvalue weighted by Crippen LogP contribution is -2.61. The third kappa shape index (κ3) is 3.35. The lowest BCUT2D eigenvalue weighted by molar-refractivity contribution is 0.185. The summed E-state index contributed by atoms with van der Waals surface area (Å²) in [7, 11) is 7.76. The second-order valence-corrected chi connectivity index (χ2v) is 8.43. The lowest BCUT2D eigenvalue weighted by atomic mass is 9.26. The molecule has 17 heavy (non-hydrogen) atoms. The first-order chi connectivity index (χ1) is 7.46. The van der Waals surface area contributed by atoms with Crippen molar-refractivity contribution in [1.82, 2.24) is 4.90 Å². The molecule has 0 amide bonds. The van der Waals surface area contributed by atoms with E-state index in [1.54, 1.807) is 0 Å². The minimum atomic E-state index is -3.36. The van der Waals surface area contributed by atoms with E-state index < -0.39 is 10.0 Å². The highest BCUT2D eigenvalue weighted by Crippen LogP contribution is 2.31. The van der Waals surface area contributed by atoms with Crippen LogP contribution < -0.4 is 5.14 Å². The van der Waals surface area contributed by atoms with Crippen molar-refractivity contribution >= 4 is 49.3 Å². The molecule has 92 valence electrons. The molecule has 0 spiro atoms. The number of nitrogens with zero attached hydrogens (tertiary/aromatic N) is 1. The third-order valence-electron chi connectivity index (χ3n) is 4.53. The molecule has 1 heterocycles. The van der Waals surface area contributed by atoms with Gasteiger partial charge in [-0.3, -0.25) is 0 Å². The first kappa shape index (κ1) is 15.3. The average molecular weight is 251 g/mol. The van der Waals surface area contributed by atoms with Crippen molar-refractivity contribution in [2.45, 2.75) is 28.5 Å². The predicted octanol–water partition coefficient (Wildman–Crippen LogP) is -5.37. The molecule has 1 rings (SSSR count). The zero-order chi connectivity index (χ0) is 13.5. The van der Waals surface area contributed by atoms with E-state index in [0.717, 1.165) is 13.1 Å². The van der Waals surface area contributed by atoms with Crippen LogP contribution in [0.4, 0.5) is 0 Å². The van der Waals surface area contributed by atoms with Crippen LogP contribution in [0, 0.1) is 0 Å². The van der Waals surface area contributed by atoms with Crippen LogP contribution in [0.2, 0.25) is 5.11 Å². The Labute approximate surface area is 110 Å². The molecule has 0 bridgehead atoms. The van der Waals surface area contributed by atoms with E-state index in [0.29, 0.717) is 12.8 Å². The van der Waals surface area contributed by atoms with Gasteiger partial charge < -0.3 is 4.90 Å². The lowest BCUT2D eigenvalue weighted by Gasteiger charge is -2.51. The molecule has 4 nitrogen and oxygen atoms in total. The molecule has 2 N–H and O–H groups in total. The Bertz CT molecular complexity index is 372. The average Bonchev–Trinajstić information content (AvgIpc) is 2.15. The van der Waals surface area contributed by atoms with Gasteiger partial charge >= 0.3 is 0 Å². The summed E-state index contributed by atoms with van der Waals surface area (Å²) in [6.45, 7) is 1.62. The number of rotatable bonds is 3. The predicted molar refractivity (Wildman–Crippen MR) is 85.8 cm³/mol. The van der Waals surface area contributed by atoms with Crippen molar-refractivity contribution in [3.8, 4) is 0 Å². The van der Waals surface area contributed by atoms with Gasteiger partial charge in [-0.1, -0.05) is 5.34 Å². The van der Waals surface area contributed by atoms with Crippen LogP contribution in [0.15, 0.2) is 0 Å². The molecule has 0 radical (unpaired) electrons. The Morgan fingerprint density at radius 2 is 1.47 bits per heavy atom. The molecule has 0 aromatic rings. The fraction of sp³-hybridized carbons (Fsp3) is 1.00. The van der Waals surface area contributed by atoms with Gasteiger partial charge in [-0.05, 0) is 25.9 Å². The van der Waals surface area contributed by atoms with Crippen molar-refractivity contribution in [3.05, 3.63) is 0 Å². The van der Waals surface area contributed by atoms with E-state index in [-0.39, 0.29) is 15.7 Å². The normalized spacial score (nSPS) is 21.5. The van der Waals surface area contributed by atoms with Gasteiger partial charge in [-0.2, -0.15) is 0 Å². The van der Waals surface area contributed by atoms with Gasteiger partial charge in [0.2, 0.25) is 10.0 Å². The summed E-state index contributed by atoms with van der Waals surface area (Å²) in [5, 5.41) is 5.09. The summed E-state index contributed by atoms with van der Waals surface area (Å²) in [6, 6.07) is 0. The summed E-state index contributed by atoms with van der Waals surface area (Å²) in [5.74, 6) is 0. The summed E-state index contributed by atoms with van der Waals surface area (Å²) in [4.78, 5) is 2.38. The van der Waals surface area contributed by atoms with Crippen LogP contribution in [0.5, 0.6) is 0 Å². The molecule has 0 aliphatic carbocycles. The highest BCUT2D eigenvalue weighted by atomic mass is 32.2. The first-order valence-corrected chi connectivity index (χ1v) is 7.84. The number of piperidine rings is 1. The number of hydrogen-bond acceptors (Lipinski definition) is 3. The topological polar surface area (TPSA) is 63.4 Å². The van der Waals surface area contributed by atoms with Crippen LogP contribution >= 0.6 is 0 Å². The molecular formula is C7H21B5N2O2S. The standard InChI is InChI=1S/C7H21B5N2O2S/c8-6(9,10)7(11,12)14-3-1-5(2-4-14)17(13,15)16/h5H,1-4,8-12H2,(H2,13,15,16). The maximum Gasteiger partial charge on any atom is 0.212 e.